The number of hydrogen-bond acceptors (Lipinski definition) is 0. The predicted molar refractivity (Wildman–Crippen MR) is 51.0 cm³/mol. The highest BCUT2D eigenvalue weighted by atomic mass is 14.3. The molecule has 0 aliphatic heterocycles. The average molecular weight is 156 g/mol. The first-order chi connectivity index (χ1) is 5.90. The molecule has 12 heavy (non-hydrogen) atoms. The first kappa shape index (κ1) is 7.43. The maximum atomic E-state index is 5.25. The topological polar surface area (TPSA) is 0 Å². The highest BCUT2D eigenvalue weighted by Gasteiger charge is 2.22. The summed E-state index contributed by atoms with van der Waals surface area (Å²) in [7, 11) is 0. The van der Waals surface area contributed by atoms with Crippen LogP contribution >= 0.6 is 0 Å². The highest BCUT2D eigenvalue weighted by Crippen LogP contribution is 2.40. The molecule has 1 saturated carbocycles. The Hall–Kier alpha value is -1.22. The van der Waals surface area contributed by atoms with Gasteiger partial charge in [-0.15, -0.1) is 12.3 Å². The van der Waals surface area contributed by atoms with Gasteiger partial charge in [-0.05, 0) is 29.9 Å². The van der Waals surface area contributed by atoms with Crippen LogP contribution < -0.4 is 0 Å². The van der Waals surface area contributed by atoms with Gasteiger partial charge in [0.2, 0.25) is 0 Å². The normalized spacial score (nSPS) is 15.6. The average Bonchev–Trinajstić information content (AvgIpc) is 2.88. The SMILES string of the molecule is C#CCc1cccc(C2CC2)c1. The Morgan fingerprint density at radius 2 is 2.25 bits per heavy atom. The number of rotatable bonds is 2. The molecular formula is C12H12. The summed E-state index contributed by atoms with van der Waals surface area (Å²) in [5.41, 5.74) is 2.75. The van der Waals surface area contributed by atoms with Crippen LogP contribution in [0.2, 0.25) is 0 Å². The summed E-state index contributed by atoms with van der Waals surface area (Å²) in [6.07, 6.45) is 8.74. The van der Waals surface area contributed by atoms with Gasteiger partial charge in [-0.25, -0.2) is 0 Å². The molecule has 0 unspecified atom stereocenters. The molecule has 0 aromatic heterocycles. The quantitative estimate of drug-likeness (QED) is 0.577. The zero-order valence-corrected chi connectivity index (χ0v) is 7.09. The van der Waals surface area contributed by atoms with E-state index in [2.05, 4.69) is 30.2 Å². The van der Waals surface area contributed by atoms with Crippen LogP contribution in [0, 0.1) is 12.3 Å². The summed E-state index contributed by atoms with van der Waals surface area (Å²) >= 11 is 0. The molecule has 0 saturated heterocycles. The summed E-state index contributed by atoms with van der Waals surface area (Å²) in [5.74, 6) is 3.51. The maximum Gasteiger partial charge on any atom is 0.0337 e. The molecule has 0 radical (unpaired) electrons. The molecule has 1 aromatic rings. The third-order valence-electron chi connectivity index (χ3n) is 2.31. The third kappa shape index (κ3) is 1.51. The van der Waals surface area contributed by atoms with Gasteiger partial charge in [-0.3, -0.25) is 0 Å². The van der Waals surface area contributed by atoms with E-state index < -0.39 is 0 Å². The molecule has 1 aliphatic carbocycles. The van der Waals surface area contributed by atoms with E-state index in [1.807, 2.05) is 0 Å². The summed E-state index contributed by atoms with van der Waals surface area (Å²) in [5, 5.41) is 0. The van der Waals surface area contributed by atoms with Gasteiger partial charge in [0.1, 0.15) is 0 Å². The summed E-state index contributed by atoms with van der Waals surface area (Å²) in [6, 6.07) is 8.67. The van der Waals surface area contributed by atoms with Crippen molar-refractivity contribution < 1.29 is 0 Å². The minimum Gasteiger partial charge on any atom is -0.120 e. The summed E-state index contributed by atoms with van der Waals surface area (Å²) < 4.78 is 0. The van der Waals surface area contributed by atoms with Crippen LogP contribution in [0.3, 0.4) is 0 Å². The Bertz CT molecular complexity index is 313. The monoisotopic (exact) mass is 156 g/mol. The Morgan fingerprint density at radius 1 is 1.42 bits per heavy atom. The number of terminal acetylenes is 1. The van der Waals surface area contributed by atoms with E-state index in [4.69, 9.17) is 6.42 Å². The van der Waals surface area contributed by atoms with Crippen molar-refractivity contribution in [1.29, 1.82) is 0 Å². The minimum atomic E-state index is 0.764. The zero-order valence-electron chi connectivity index (χ0n) is 7.09. The van der Waals surface area contributed by atoms with Crippen molar-refractivity contribution in [2.75, 3.05) is 0 Å². The van der Waals surface area contributed by atoms with Gasteiger partial charge in [-0.2, -0.15) is 0 Å². The van der Waals surface area contributed by atoms with Crippen LogP contribution in [-0.2, 0) is 6.42 Å². The van der Waals surface area contributed by atoms with Gasteiger partial charge in [0.05, 0.1) is 0 Å². The Balaban J connectivity index is 2.22. The molecule has 1 fully saturated rings. The molecule has 0 heteroatoms. The Morgan fingerprint density at radius 3 is 2.92 bits per heavy atom. The zero-order chi connectivity index (χ0) is 8.39. The summed E-state index contributed by atoms with van der Waals surface area (Å²) in [4.78, 5) is 0. The standard InChI is InChI=1S/C12H12/c1-2-4-10-5-3-6-12(9-10)11-7-8-11/h1,3,5-6,9,11H,4,7-8H2. The molecule has 60 valence electrons. The fourth-order valence-electron chi connectivity index (χ4n) is 1.49. The highest BCUT2D eigenvalue weighted by molar-refractivity contribution is 5.30. The fourth-order valence-corrected chi connectivity index (χ4v) is 1.49. The van der Waals surface area contributed by atoms with Gasteiger partial charge < -0.3 is 0 Å². The molecule has 2 rings (SSSR count). The molecule has 1 aliphatic rings. The van der Waals surface area contributed by atoms with Crippen molar-refractivity contribution in [3.05, 3.63) is 35.4 Å². The van der Waals surface area contributed by atoms with Crippen LogP contribution in [0.1, 0.15) is 29.9 Å². The van der Waals surface area contributed by atoms with Crippen LogP contribution in [-0.4, -0.2) is 0 Å². The van der Waals surface area contributed by atoms with E-state index in [-0.39, 0.29) is 0 Å². The number of hydrogen-bond donors (Lipinski definition) is 0. The van der Waals surface area contributed by atoms with E-state index in [0.717, 1.165) is 12.3 Å². The number of benzene rings is 1. The molecule has 0 spiro atoms. The first-order valence-corrected chi connectivity index (χ1v) is 4.42. The largest absolute Gasteiger partial charge is 0.120 e. The van der Waals surface area contributed by atoms with E-state index in [1.165, 1.54) is 24.0 Å². The maximum absolute atomic E-state index is 5.25. The van der Waals surface area contributed by atoms with Gasteiger partial charge in [0.15, 0.2) is 0 Å². The van der Waals surface area contributed by atoms with Crippen LogP contribution in [0.25, 0.3) is 0 Å². The van der Waals surface area contributed by atoms with E-state index in [0.29, 0.717) is 0 Å². The molecule has 0 atom stereocenters. The molecule has 0 heterocycles. The molecular weight excluding hydrogens is 144 g/mol. The molecule has 0 N–H and O–H groups in total. The van der Waals surface area contributed by atoms with Gasteiger partial charge >= 0.3 is 0 Å². The smallest absolute Gasteiger partial charge is 0.0337 e. The van der Waals surface area contributed by atoms with Crippen LogP contribution in [0.4, 0.5) is 0 Å². The van der Waals surface area contributed by atoms with Crippen LogP contribution in [0.15, 0.2) is 24.3 Å². The fraction of sp³-hybridized carbons (Fsp3) is 0.333. The lowest BCUT2D eigenvalue weighted by molar-refractivity contribution is 1.11. The molecule has 0 amide bonds. The predicted octanol–water partition coefficient (Wildman–Crippen LogP) is 2.74. The van der Waals surface area contributed by atoms with Crippen molar-refractivity contribution >= 4 is 0 Å². The Labute approximate surface area is 73.6 Å². The summed E-state index contributed by atoms with van der Waals surface area (Å²) in [6.45, 7) is 0. The van der Waals surface area contributed by atoms with Crippen molar-refractivity contribution in [1.82, 2.24) is 0 Å². The lowest BCUT2D eigenvalue weighted by Crippen LogP contribution is -1.84. The van der Waals surface area contributed by atoms with Gasteiger partial charge in [-0.1, -0.05) is 24.3 Å². The second-order valence-corrected chi connectivity index (χ2v) is 3.40. The molecule has 0 nitrogen and oxygen atoms in total. The van der Waals surface area contributed by atoms with Crippen molar-refractivity contribution in [2.24, 2.45) is 0 Å². The van der Waals surface area contributed by atoms with Crippen LogP contribution in [0.5, 0.6) is 0 Å². The first-order valence-electron chi connectivity index (χ1n) is 4.42. The van der Waals surface area contributed by atoms with E-state index in [9.17, 15) is 0 Å². The second-order valence-electron chi connectivity index (χ2n) is 3.40. The van der Waals surface area contributed by atoms with Gasteiger partial charge in [0.25, 0.3) is 0 Å². The van der Waals surface area contributed by atoms with Crippen molar-refractivity contribution in [3.8, 4) is 12.3 Å². The Kier molecular flexibility index (Phi) is 1.87. The van der Waals surface area contributed by atoms with E-state index in [1.54, 1.807) is 0 Å². The minimum absolute atomic E-state index is 0.764. The van der Waals surface area contributed by atoms with Crippen molar-refractivity contribution in [3.63, 3.8) is 0 Å². The third-order valence-corrected chi connectivity index (χ3v) is 2.31. The van der Waals surface area contributed by atoms with Gasteiger partial charge in [0, 0.05) is 6.42 Å². The lowest BCUT2D eigenvalue weighted by Gasteiger charge is -1.99. The lowest BCUT2D eigenvalue weighted by atomic mass is 10.1. The van der Waals surface area contributed by atoms with E-state index >= 15 is 0 Å². The molecule has 0 bridgehead atoms. The second kappa shape index (κ2) is 3.03. The van der Waals surface area contributed by atoms with Crippen molar-refractivity contribution in [2.45, 2.75) is 25.2 Å². The molecule has 1 aromatic carbocycles.